The van der Waals surface area contributed by atoms with Gasteiger partial charge in [-0.05, 0) is 19.8 Å². The van der Waals surface area contributed by atoms with E-state index in [1.54, 1.807) is 22.8 Å². The fraction of sp³-hybridized carbons (Fsp3) is 0.667. The molecule has 2 rings (SSSR count). The topological polar surface area (TPSA) is 75.4 Å². The summed E-state index contributed by atoms with van der Waals surface area (Å²) in [5.74, 6) is -1.84. The highest BCUT2D eigenvalue weighted by Crippen LogP contribution is 2.31. The lowest BCUT2D eigenvalue weighted by atomic mass is 9.78. The van der Waals surface area contributed by atoms with Crippen molar-refractivity contribution < 1.29 is 14.7 Å². The Bertz CT molecular complexity index is 538. The zero-order valence-corrected chi connectivity index (χ0v) is 12.9. The summed E-state index contributed by atoms with van der Waals surface area (Å²) in [6, 6.07) is 0. The first-order valence-corrected chi connectivity index (χ1v) is 7.37. The molecular formula is C15H23N3O3. The molecule has 1 aliphatic carbocycles. The van der Waals surface area contributed by atoms with Crippen molar-refractivity contribution in [1.29, 1.82) is 0 Å². The van der Waals surface area contributed by atoms with Crippen LogP contribution in [0.25, 0.3) is 0 Å². The second-order valence-electron chi connectivity index (χ2n) is 5.91. The highest BCUT2D eigenvalue weighted by atomic mass is 16.4. The van der Waals surface area contributed by atoms with E-state index in [4.69, 9.17) is 0 Å². The van der Waals surface area contributed by atoms with Gasteiger partial charge in [0.1, 0.15) is 0 Å². The van der Waals surface area contributed by atoms with Crippen molar-refractivity contribution in [3.05, 3.63) is 17.5 Å². The predicted octanol–water partition coefficient (Wildman–Crippen LogP) is 1.58. The van der Waals surface area contributed by atoms with Gasteiger partial charge in [-0.2, -0.15) is 5.10 Å². The summed E-state index contributed by atoms with van der Waals surface area (Å²) in [7, 11) is 3.60. The van der Waals surface area contributed by atoms with Gasteiger partial charge in [0.15, 0.2) is 0 Å². The molecule has 6 heteroatoms. The number of rotatable bonds is 4. The molecule has 6 nitrogen and oxygen atoms in total. The Labute approximate surface area is 124 Å². The largest absolute Gasteiger partial charge is 0.481 e. The lowest BCUT2D eigenvalue weighted by Crippen LogP contribution is -2.40. The summed E-state index contributed by atoms with van der Waals surface area (Å²) < 4.78 is 1.77. The number of carbonyl (C=O) groups is 2. The maximum atomic E-state index is 12.6. The molecule has 1 aliphatic rings. The summed E-state index contributed by atoms with van der Waals surface area (Å²) in [6.07, 6.45) is 4.86. The molecule has 0 aliphatic heterocycles. The molecule has 1 heterocycles. The molecule has 0 aromatic carbocycles. The molecule has 116 valence electrons. The number of carboxylic acids is 1. The first kappa shape index (κ1) is 15.5. The Morgan fingerprint density at radius 1 is 1.38 bits per heavy atom. The van der Waals surface area contributed by atoms with Gasteiger partial charge in [-0.3, -0.25) is 14.3 Å². The number of amides is 1. The van der Waals surface area contributed by atoms with E-state index in [-0.39, 0.29) is 5.91 Å². The summed E-state index contributed by atoms with van der Waals surface area (Å²) >= 11 is 0. The SMILES string of the molecule is Cc1c(CN(C)C(=O)C2CCCCC2C(=O)O)cnn1C. The molecule has 1 N–H and O–H groups in total. The smallest absolute Gasteiger partial charge is 0.307 e. The van der Waals surface area contributed by atoms with Crippen LogP contribution in [0.3, 0.4) is 0 Å². The van der Waals surface area contributed by atoms with E-state index in [2.05, 4.69) is 5.10 Å². The van der Waals surface area contributed by atoms with Gasteiger partial charge >= 0.3 is 5.97 Å². The van der Waals surface area contributed by atoms with Crippen LogP contribution in [-0.4, -0.2) is 38.7 Å². The molecule has 1 fully saturated rings. The second-order valence-corrected chi connectivity index (χ2v) is 5.91. The second kappa shape index (κ2) is 6.28. The zero-order chi connectivity index (χ0) is 15.6. The van der Waals surface area contributed by atoms with Crippen LogP contribution >= 0.6 is 0 Å². The number of aromatic nitrogens is 2. The summed E-state index contributed by atoms with van der Waals surface area (Å²) in [5.41, 5.74) is 2.02. The first-order valence-electron chi connectivity index (χ1n) is 7.37. The summed E-state index contributed by atoms with van der Waals surface area (Å²) in [4.78, 5) is 25.5. The quantitative estimate of drug-likeness (QED) is 0.914. The standard InChI is InChI=1S/C15H23N3O3/c1-10-11(8-16-18(10)3)9-17(2)14(19)12-6-4-5-7-13(12)15(20)21/h8,12-13H,4-7,9H2,1-3H3,(H,20,21). The lowest BCUT2D eigenvalue weighted by molar-refractivity contribution is -0.152. The first-order chi connectivity index (χ1) is 9.91. The molecule has 2 atom stereocenters. The van der Waals surface area contributed by atoms with E-state index in [1.165, 1.54) is 0 Å². The molecule has 1 amide bonds. The maximum Gasteiger partial charge on any atom is 0.307 e. The van der Waals surface area contributed by atoms with E-state index in [1.807, 2.05) is 14.0 Å². The van der Waals surface area contributed by atoms with Crippen LogP contribution in [0.2, 0.25) is 0 Å². The molecule has 0 spiro atoms. The molecule has 21 heavy (non-hydrogen) atoms. The van der Waals surface area contributed by atoms with Gasteiger partial charge in [-0.25, -0.2) is 0 Å². The average Bonchev–Trinajstić information content (AvgIpc) is 2.78. The summed E-state index contributed by atoms with van der Waals surface area (Å²) in [5, 5.41) is 13.5. The number of hydrogen-bond acceptors (Lipinski definition) is 3. The van der Waals surface area contributed by atoms with Gasteiger partial charge in [0.2, 0.25) is 5.91 Å². The fourth-order valence-electron chi connectivity index (χ4n) is 3.04. The van der Waals surface area contributed by atoms with E-state index in [9.17, 15) is 14.7 Å². The summed E-state index contributed by atoms with van der Waals surface area (Å²) in [6.45, 7) is 2.43. The van der Waals surface area contributed by atoms with Crippen LogP contribution in [0.1, 0.15) is 36.9 Å². The van der Waals surface area contributed by atoms with Crippen molar-refractivity contribution in [3.63, 3.8) is 0 Å². The Kier molecular flexibility index (Phi) is 4.65. The van der Waals surface area contributed by atoms with Crippen LogP contribution < -0.4 is 0 Å². The van der Waals surface area contributed by atoms with E-state index in [0.29, 0.717) is 19.4 Å². The highest BCUT2D eigenvalue weighted by Gasteiger charge is 2.37. The van der Waals surface area contributed by atoms with E-state index < -0.39 is 17.8 Å². The average molecular weight is 293 g/mol. The fourth-order valence-corrected chi connectivity index (χ4v) is 3.04. The Morgan fingerprint density at radius 2 is 2.00 bits per heavy atom. The number of aryl methyl sites for hydroxylation is 1. The van der Waals surface area contributed by atoms with E-state index in [0.717, 1.165) is 24.1 Å². The number of carboxylic acid groups (broad SMARTS) is 1. The van der Waals surface area contributed by atoms with Crippen molar-refractivity contribution in [2.45, 2.75) is 39.2 Å². The van der Waals surface area contributed by atoms with Crippen LogP contribution in [0.5, 0.6) is 0 Å². The molecule has 0 bridgehead atoms. The number of nitrogens with zero attached hydrogens (tertiary/aromatic N) is 3. The van der Waals surface area contributed by atoms with Crippen molar-refractivity contribution in [2.24, 2.45) is 18.9 Å². The monoisotopic (exact) mass is 293 g/mol. The Morgan fingerprint density at radius 3 is 2.52 bits per heavy atom. The van der Waals surface area contributed by atoms with Crippen molar-refractivity contribution in [1.82, 2.24) is 14.7 Å². The molecular weight excluding hydrogens is 270 g/mol. The number of hydrogen-bond donors (Lipinski definition) is 1. The zero-order valence-electron chi connectivity index (χ0n) is 12.9. The van der Waals surface area contributed by atoms with Gasteiger partial charge in [0, 0.05) is 31.9 Å². The Balaban J connectivity index is 2.07. The third kappa shape index (κ3) is 3.25. The Hall–Kier alpha value is -1.85. The minimum absolute atomic E-state index is 0.0645. The van der Waals surface area contributed by atoms with Crippen LogP contribution in [0.15, 0.2) is 6.20 Å². The molecule has 1 aromatic rings. The lowest BCUT2D eigenvalue weighted by Gasteiger charge is -2.31. The third-order valence-electron chi connectivity index (χ3n) is 4.52. The van der Waals surface area contributed by atoms with Gasteiger partial charge in [-0.1, -0.05) is 12.8 Å². The molecule has 1 saturated carbocycles. The third-order valence-corrected chi connectivity index (χ3v) is 4.52. The van der Waals surface area contributed by atoms with E-state index >= 15 is 0 Å². The highest BCUT2D eigenvalue weighted by molar-refractivity contribution is 5.84. The molecule has 0 saturated heterocycles. The predicted molar refractivity (Wildman–Crippen MR) is 77.5 cm³/mol. The maximum absolute atomic E-state index is 12.6. The number of carbonyl (C=O) groups excluding carboxylic acids is 1. The number of aliphatic carboxylic acids is 1. The van der Waals surface area contributed by atoms with Crippen LogP contribution in [-0.2, 0) is 23.2 Å². The van der Waals surface area contributed by atoms with Crippen molar-refractivity contribution in [3.8, 4) is 0 Å². The molecule has 0 radical (unpaired) electrons. The molecule has 1 aromatic heterocycles. The van der Waals surface area contributed by atoms with Gasteiger partial charge in [0.05, 0.1) is 18.0 Å². The normalized spacial score (nSPS) is 22.0. The van der Waals surface area contributed by atoms with Gasteiger partial charge in [0.25, 0.3) is 0 Å². The van der Waals surface area contributed by atoms with Crippen LogP contribution in [0, 0.1) is 18.8 Å². The van der Waals surface area contributed by atoms with Gasteiger partial charge in [-0.15, -0.1) is 0 Å². The molecule has 2 unspecified atom stereocenters. The van der Waals surface area contributed by atoms with Gasteiger partial charge < -0.3 is 10.0 Å². The minimum Gasteiger partial charge on any atom is -0.481 e. The van der Waals surface area contributed by atoms with Crippen molar-refractivity contribution >= 4 is 11.9 Å². The minimum atomic E-state index is -0.848. The van der Waals surface area contributed by atoms with Crippen molar-refractivity contribution in [2.75, 3.05) is 7.05 Å². The van der Waals surface area contributed by atoms with Crippen LogP contribution in [0.4, 0.5) is 0 Å².